The lowest BCUT2D eigenvalue weighted by Gasteiger charge is -2.43. The molecule has 0 unspecified atom stereocenters. The molecule has 0 heterocycles. The third-order valence-electron chi connectivity index (χ3n) is 11.2. The third kappa shape index (κ3) is 13.7. The van der Waals surface area contributed by atoms with E-state index < -0.39 is 14.4 Å². The molecular weight excluding hydrogens is 785 g/mol. The van der Waals surface area contributed by atoms with Gasteiger partial charge in [0.15, 0.2) is 0 Å². The lowest BCUT2D eigenvalue weighted by molar-refractivity contribution is -0.0725. The summed E-state index contributed by atoms with van der Waals surface area (Å²) in [5.41, 5.74) is 4.39. The van der Waals surface area contributed by atoms with E-state index in [0.29, 0.717) is 45.9 Å². The lowest BCUT2D eigenvalue weighted by Crippen LogP contribution is -2.66. The molecule has 0 radical (unpaired) electrons. The Bertz CT molecular complexity index is 2100. The van der Waals surface area contributed by atoms with Gasteiger partial charge in [0.1, 0.15) is 11.9 Å². The number of hydrogen-bond donors (Lipinski definition) is 0. The molecule has 324 valence electrons. The van der Waals surface area contributed by atoms with E-state index in [1.54, 1.807) is 7.11 Å². The Morgan fingerprint density at radius 3 is 1.42 bits per heavy atom. The van der Waals surface area contributed by atoms with Crippen LogP contribution in [0.3, 0.4) is 0 Å². The highest BCUT2D eigenvalue weighted by Crippen LogP contribution is 2.37. The highest BCUT2D eigenvalue weighted by Gasteiger charge is 2.50. The summed E-state index contributed by atoms with van der Waals surface area (Å²) in [6.07, 6.45) is 4.45. The van der Waals surface area contributed by atoms with Crippen LogP contribution >= 0.6 is 0 Å². The van der Waals surface area contributed by atoms with Gasteiger partial charge in [-0.25, -0.2) is 0 Å². The van der Waals surface area contributed by atoms with Crippen LogP contribution in [0.15, 0.2) is 188 Å². The number of ether oxygens (including phenoxy) is 5. The Morgan fingerprint density at radius 2 is 0.935 bits per heavy atom. The minimum absolute atomic E-state index is 0.0869. The van der Waals surface area contributed by atoms with Crippen molar-refractivity contribution >= 4 is 18.7 Å². The van der Waals surface area contributed by atoms with Crippen molar-refractivity contribution in [3.8, 4) is 5.75 Å². The molecule has 4 atom stereocenters. The molecule has 6 rings (SSSR count). The van der Waals surface area contributed by atoms with Crippen LogP contribution in [0, 0.1) is 0 Å². The van der Waals surface area contributed by atoms with Crippen molar-refractivity contribution in [2.75, 3.05) is 13.7 Å². The minimum Gasteiger partial charge on any atom is -0.497 e. The molecule has 0 amide bonds. The molecule has 6 aromatic rings. The van der Waals surface area contributed by atoms with E-state index >= 15 is 0 Å². The molecule has 0 fully saturated rings. The molecule has 62 heavy (non-hydrogen) atoms. The fourth-order valence-electron chi connectivity index (χ4n) is 7.83. The van der Waals surface area contributed by atoms with Crippen molar-refractivity contribution in [2.24, 2.45) is 0 Å². The van der Waals surface area contributed by atoms with Gasteiger partial charge in [0.25, 0.3) is 8.32 Å². The zero-order chi connectivity index (χ0) is 43.5. The largest absolute Gasteiger partial charge is 0.497 e. The summed E-state index contributed by atoms with van der Waals surface area (Å²) in [7, 11) is -1.12. The van der Waals surface area contributed by atoms with E-state index in [2.05, 4.69) is 149 Å². The minimum atomic E-state index is -2.80. The SMILES string of the molecule is COc1ccc(CO[C@H](C)C[C@@H](/C=C/[C@H](OCc2ccccc2)[C@H](CCO[Si](c2ccccc2)(c2ccccc2)C(C)(C)C)OCc2ccccc2)OCc2ccccc2)cc1. The van der Waals surface area contributed by atoms with Crippen LogP contribution in [-0.4, -0.2) is 46.4 Å². The fourth-order valence-corrected chi connectivity index (χ4v) is 12.4. The molecular formula is C55H64O6Si. The molecule has 0 spiro atoms. The van der Waals surface area contributed by atoms with Crippen molar-refractivity contribution in [1.29, 1.82) is 0 Å². The number of methoxy groups -OCH3 is 1. The zero-order valence-corrected chi connectivity index (χ0v) is 38.1. The van der Waals surface area contributed by atoms with Gasteiger partial charge in [-0.2, -0.15) is 0 Å². The molecule has 7 heteroatoms. The predicted octanol–water partition coefficient (Wildman–Crippen LogP) is 11.3. The van der Waals surface area contributed by atoms with Crippen LogP contribution in [0.2, 0.25) is 5.04 Å². The van der Waals surface area contributed by atoms with Gasteiger partial charge in [-0.15, -0.1) is 0 Å². The molecule has 0 aliphatic rings. The maximum Gasteiger partial charge on any atom is 0.261 e. The molecule has 0 saturated heterocycles. The highest BCUT2D eigenvalue weighted by atomic mass is 28.4. The summed E-state index contributed by atoms with van der Waals surface area (Å²) in [6.45, 7) is 11.4. The quantitative estimate of drug-likeness (QED) is 0.0447. The van der Waals surface area contributed by atoms with Gasteiger partial charge in [0, 0.05) is 13.0 Å². The highest BCUT2D eigenvalue weighted by molar-refractivity contribution is 6.99. The van der Waals surface area contributed by atoms with Crippen LogP contribution in [0.1, 0.15) is 62.8 Å². The molecule has 0 saturated carbocycles. The monoisotopic (exact) mass is 848 g/mol. The number of hydrogen-bond acceptors (Lipinski definition) is 6. The number of rotatable bonds is 24. The maximum atomic E-state index is 7.43. The first-order valence-corrected chi connectivity index (χ1v) is 23.8. The van der Waals surface area contributed by atoms with Crippen LogP contribution in [0.5, 0.6) is 5.75 Å². The van der Waals surface area contributed by atoms with E-state index in [9.17, 15) is 0 Å². The third-order valence-corrected chi connectivity index (χ3v) is 16.2. The second kappa shape index (κ2) is 23.9. The van der Waals surface area contributed by atoms with Gasteiger partial charge in [-0.05, 0) is 63.1 Å². The van der Waals surface area contributed by atoms with E-state index in [4.69, 9.17) is 28.1 Å². The smallest absolute Gasteiger partial charge is 0.261 e. The zero-order valence-electron chi connectivity index (χ0n) is 37.1. The average molecular weight is 849 g/mol. The standard InChI is InChI=1S/C55H64O6Si/c1-44(57-40-48-31-33-49(56-5)34-32-48)39-50(58-41-45-21-11-6-12-22-45)35-36-53(59-42-46-23-13-7-14-24-46)54(60-43-47-25-15-8-16-26-47)37-38-61-62(55(2,3)4,51-27-17-9-18-28-51)52-29-19-10-20-30-52/h6-36,44,50,53-54H,37-43H2,1-5H3/b36-35+/t44-,50-,53+,54+/m1/s1. The Labute approximate surface area is 371 Å². The Balaban J connectivity index is 1.29. The van der Waals surface area contributed by atoms with E-state index in [-0.39, 0.29) is 23.4 Å². The molecule has 6 aromatic carbocycles. The first-order chi connectivity index (χ1) is 30.2. The maximum absolute atomic E-state index is 7.43. The molecule has 6 nitrogen and oxygen atoms in total. The van der Waals surface area contributed by atoms with Crippen LogP contribution in [0.25, 0.3) is 0 Å². The van der Waals surface area contributed by atoms with Crippen molar-refractivity contribution in [2.45, 2.75) is 96.4 Å². The van der Waals surface area contributed by atoms with Crippen molar-refractivity contribution in [3.05, 3.63) is 210 Å². The predicted molar refractivity (Wildman–Crippen MR) is 254 cm³/mol. The summed E-state index contributed by atoms with van der Waals surface area (Å²) in [5, 5.41) is 2.34. The van der Waals surface area contributed by atoms with Crippen LogP contribution in [-0.2, 0) is 49.8 Å². The molecule has 0 bridgehead atoms. The van der Waals surface area contributed by atoms with Crippen molar-refractivity contribution in [3.63, 3.8) is 0 Å². The van der Waals surface area contributed by atoms with E-state index in [0.717, 1.165) is 28.0 Å². The second-order valence-electron chi connectivity index (χ2n) is 16.8. The van der Waals surface area contributed by atoms with Gasteiger partial charge in [-0.3, -0.25) is 0 Å². The fraction of sp³-hybridized carbons (Fsp3) is 0.309. The average Bonchev–Trinajstić information content (AvgIpc) is 3.31. The Kier molecular flexibility index (Phi) is 17.9. The molecule has 0 N–H and O–H groups in total. The summed E-state index contributed by atoms with van der Waals surface area (Å²) >= 11 is 0. The summed E-state index contributed by atoms with van der Waals surface area (Å²) in [5.74, 6) is 0.825. The first kappa shape index (κ1) is 46.4. The Morgan fingerprint density at radius 1 is 0.500 bits per heavy atom. The molecule has 0 aliphatic carbocycles. The summed E-state index contributed by atoms with van der Waals surface area (Å²) in [6, 6.07) is 60.6. The van der Waals surface area contributed by atoms with Crippen molar-refractivity contribution in [1.82, 2.24) is 0 Å². The topological polar surface area (TPSA) is 55.4 Å². The summed E-state index contributed by atoms with van der Waals surface area (Å²) < 4.78 is 39.7. The van der Waals surface area contributed by atoms with Gasteiger partial charge in [0.2, 0.25) is 0 Å². The Hall–Kier alpha value is -5.12. The van der Waals surface area contributed by atoms with E-state index in [1.807, 2.05) is 66.7 Å². The van der Waals surface area contributed by atoms with Gasteiger partial charge >= 0.3 is 0 Å². The van der Waals surface area contributed by atoms with E-state index in [1.165, 1.54) is 10.4 Å². The van der Waals surface area contributed by atoms with Crippen molar-refractivity contribution < 1.29 is 28.1 Å². The van der Waals surface area contributed by atoms with Crippen LogP contribution in [0.4, 0.5) is 0 Å². The van der Waals surface area contributed by atoms with Crippen LogP contribution < -0.4 is 15.1 Å². The number of benzene rings is 6. The normalized spacial score (nSPS) is 14.0. The van der Waals surface area contributed by atoms with Gasteiger partial charge in [-0.1, -0.05) is 197 Å². The molecule has 0 aliphatic heterocycles. The second-order valence-corrected chi connectivity index (χ2v) is 21.1. The first-order valence-electron chi connectivity index (χ1n) is 21.9. The summed E-state index contributed by atoms with van der Waals surface area (Å²) in [4.78, 5) is 0. The lowest BCUT2D eigenvalue weighted by atomic mass is 10.1. The van der Waals surface area contributed by atoms with Gasteiger partial charge < -0.3 is 28.1 Å². The van der Waals surface area contributed by atoms with Gasteiger partial charge in [0.05, 0.1) is 51.8 Å². The molecule has 0 aromatic heterocycles.